The third kappa shape index (κ3) is 2.10. The summed E-state index contributed by atoms with van der Waals surface area (Å²) in [6.07, 6.45) is 0.215. The molecule has 2 rings (SSSR count). The maximum Gasteiger partial charge on any atom is 0.347 e. The maximum absolute atomic E-state index is 13.4. The van der Waals surface area contributed by atoms with Gasteiger partial charge in [-0.3, -0.25) is 9.78 Å². The summed E-state index contributed by atoms with van der Waals surface area (Å²) in [6.45, 7) is 1.61. The topological polar surface area (TPSA) is 78.3 Å². The monoisotopic (exact) mass is 243 g/mol. The first-order valence-corrected chi connectivity index (χ1v) is 5.35. The van der Waals surface area contributed by atoms with E-state index in [9.17, 15) is 14.0 Å². The number of nitrogens with one attached hydrogen (secondary N) is 1. The molecule has 1 saturated heterocycles. The van der Waals surface area contributed by atoms with E-state index in [0.29, 0.717) is 5.56 Å². The smallest absolute Gasteiger partial charge is 0.347 e. The zero-order chi connectivity index (χ0) is 12.6. The number of hydrogen-bond acceptors (Lipinski definition) is 4. The number of H-pyrrole nitrogens is 1. The van der Waals surface area contributed by atoms with Gasteiger partial charge in [0.15, 0.2) is 0 Å². The van der Waals surface area contributed by atoms with E-state index in [4.69, 9.17) is 5.11 Å². The second kappa shape index (κ2) is 4.33. The molecule has 1 aliphatic heterocycles. The lowest BCUT2D eigenvalue weighted by Crippen LogP contribution is -2.44. The molecule has 0 amide bonds. The van der Waals surface area contributed by atoms with Crippen LogP contribution >= 0.6 is 0 Å². The van der Waals surface area contributed by atoms with Crippen molar-refractivity contribution in [2.45, 2.75) is 13.1 Å². The Hall–Kier alpha value is -1.63. The van der Waals surface area contributed by atoms with Gasteiger partial charge in [0.2, 0.25) is 0 Å². The Labute approximate surface area is 96.3 Å². The summed E-state index contributed by atoms with van der Waals surface area (Å²) >= 11 is 0. The average Bonchev–Trinajstić information content (AvgIpc) is 2.65. The number of nitrogens with zero attached hydrogens (tertiary/aromatic N) is 2. The molecule has 6 nitrogen and oxygen atoms in total. The van der Waals surface area contributed by atoms with Crippen molar-refractivity contribution in [3.8, 4) is 0 Å². The van der Waals surface area contributed by atoms with E-state index in [0.717, 1.165) is 0 Å². The molecule has 2 atom stereocenters. The van der Waals surface area contributed by atoms with Gasteiger partial charge in [-0.05, 0) is 6.92 Å². The summed E-state index contributed by atoms with van der Waals surface area (Å²) in [4.78, 5) is 24.9. The fraction of sp³-hybridized carbons (Fsp3) is 0.600. The van der Waals surface area contributed by atoms with Gasteiger partial charge in [-0.1, -0.05) is 0 Å². The quantitative estimate of drug-likeness (QED) is 0.680. The molecule has 0 unspecified atom stereocenters. The van der Waals surface area contributed by atoms with E-state index in [1.54, 1.807) is 6.92 Å². The van der Waals surface area contributed by atoms with Gasteiger partial charge in [-0.15, -0.1) is 0 Å². The molecular formula is C10H14FN3O3. The van der Waals surface area contributed by atoms with Gasteiger partial charge in [0.25, 0.3) is 5.56 Å². The fourth-order valence-corrected chi connectivity index (χ4v) is 1.92. The van der Waals surface area contributed by atoms with Crippen molar-refractivity contribution < 1.29 is 9.50 Å². The Morgan fingerprint density at radius 3 is 2.82 bits per heavy atom. The van der Waals surface area contributed by atoms with Crippen molar-refractivity contribution in [1.82, 2.24) is 9.66 Å². The second-order valence-electron chi connectivity index (χ2n) is 4.25. The number of aromatic amines is 1. The predicted octanol–water partition coefficient (Wildman–Crippen LogP) is -1.26. The Morgan fingerprint density at radius 1 is 1.53 bits per heavy atom. The van der Waals surface area contributed by atoms with Crippen molar-refractivity contribution in [2.75, 3.05) is 24.7 Å². The minimum atomic E-state index is -1.17. The van der Waals surface area contributed by atoms with E-state index < -0.39 is 23.3 Å². The molecule has 2 heterocycles. The highest BCUT2D eigenvalue weighted by Gasteiger charge is 2.33. The molecule has 1 aromatic rings. The number of hydrogen-bond donors (Lipinski definition) is 2. The number of aliphatic hydroxyl groups is 1. The van der Waals surface area contributed by atoms with Gasteiger partial charge in [0.05, 0.1) is 13.2 Å². The molecular weight excluding hydrogens is 229 g/mol. The summed E-state index contributed by atoms with van der Waals surface area (Å²) in [5.74, 6) is -0.492. The molecule has 94 valence electrons. The van der Waals surface area contributed by atoms with Gasteiger partial charge in [0.1, 0.15) is 6.17 Å². The fourth-order valence-electron chi connectivity index (χ4n) is 1.92. The first-order valence-electron chi connectivity index (χ1n) is 5.35. The number of halogens is 1. The lowest BCUT2D eigenvalue weighted by atomic mass is 10.1. The van der Waals surface area contributed by atoms with Crippen LogP contribution in [0.1, 0.15) is 5.56 Å². The van der Waals surface area contributed by atoms with Gasteiger partial charge in [0, 0.05) is 24.2 Å². The maximum atomic E-state index is 13.4. The minimum absolute atomic E-state index is 0.0383. The Morgan fingerprint density at radius 2 is 2.24 bits per heavy atom. The molecule has 0 bridgehead atoms. The Bertz CT molecular complexity index is 524. The molecule has 7 heteroatoms. The van der Waals surface area contributed by atoms with Crippen molar-refractivity contribution >= 4 is 0 Å². The molecule has 0 spiro atoms. The standard InChI is InChI=1S/C10H14FN3O3/c1-6-2-14(10(17)12-9(6)16)13-3-7(5-15)8(11)4-13/h2,7-8,15H,3-5H2,1H3,(H,12,16,17)/t7-,8+/m0/s1. The summed E-state index contributed by atoms with van der Waals surface area (Å²) in [6, 6.07) is 0. The molecule has 0 aromatic carbocycles. The van der Waals surface area contributed by atoms with Crippen LogP contribution in [0, 0.1) is 12.8 Å². The van der Waals surface area contributed by atoms with Crippen LogP contribution in [0.5, 0.6) is 0 Å². The van der Waals surface area contributed by atoms with E-state index in [1.165, 1.54) is 15.9 Å². The third-order valence-corrected chi connectivity index (χ3v) is 2.98. The van der Waals surface area contributed by atoms with Crippen LogP contribution in [0.15, 0.2) is 15.8 Å². The van der Waals surface area contributed by atoms with Crippen LogP contribution in [0.4, 0.5) is 4.39 Å². The first-order chi connectivity index (χ1) is 8.02. The highest BCUT2D eigenvalue weighted by Crippen LogP contribution is 2.17. The highest BCUT2D eigenvalue weighted by atomic mass is 19.1. The highest BCUT2D eigenvalue weighted by molar-refractivity contribution is 5.07. The zero-order valence-corrected chi connectivity index (χ0v) is 9.39. The largest absolute Gasteiger partial charge is 0.396 e. The zero-order valence-electron chi connectivity index (χ0n) is 9.39. The van der Waals surface area contributed by atoms with Crippen LogP contribution in [-0.4, -0.2) is 40.6 Å². The number of aliphatic hydroxyl groups excluding tert-OH is 1. The number of aryl methyl sites for hydroxylation is 1. The van der Waals surface area contributed by atoms with Gasteiger partial charge < -0.3 is 10.1 Å². The summed E-state index contributed by atoms with van der Waals surface area (Å²) < 4.78 is 14.6. The minimum Gasteiger partial charge on any atom is -0.396 e. The summed E-state index contributed by atoms with van der Waals surface area (Å²) in [5, 5.41) is 10.4. The van der Waals surface area contributed by atoms with Crippen LogP contribution < -0.4 is 16.3 Å². The lowest BCUT2D eigenvalue weighted by molar-refractivity contribution is 0.175. The van der Waals surface area contributed by atoms with Gasteiger partial charge in [-0.25, -0.2) is 13.9 Å². The van der Waals surface area contributed by atoms with Gasteiger partial charge in [-0.2, -0.15) is 0 Å². The average molecular weight is 243 g/mol. The van der Waals surface area contributed by atoms with Crippen molar-refractivity contribution in [3.05, 3.63) is 32.6 Å². The van der Waals surface area contributed by atoms with Crippen LogP contribution in [0.3, 0.4) is 0 Å². The summed E-state index contributed by atoms with van der Waals surface area (Å²) in [5.41, 5.74) is -0.653. The molecule has 1 aromatic heterocycles. The van der Waals surface area contributed by atoms with E-state index >= 15 is 0 Å². The third-order valence-electron chi connectivity index (χ3n) is 2.98. The van der Waals surface area contributed by atoms with Crippen molar-refractivity contribution in [1.29, 1.82) is 0 Å². The first kappa shape index (κ1) is 11.8. The van der Waals surface area contributed by atoms with E-state index in [2.05, 4.69) is 4.98 Å². The van der Waals surface area contributed by atoms with Crippen LogP contribution in [0.25, 0.3) is 0 Å². The predicted molar refractivity (Wildman–Crippen MR) is 59.5 cm³/mol. The number of rotatable bonds is 2. The molecule has 0 aliphatic carbocycles. The van der Waals surface area contributed by atoms with Crippen LogP contribution in [-0.2, 0) is 0 Å². The van der Waals surface area contributed by atoms with Gasteiger partial charge >= 0.3 is 5.69 Å². The Kier molecular flexibility index (Phi) is 3.01. The SMILES string of the molecule is Cc1cn(N2C[C@@H](CO)[C@H](F)C2)c(=O)[nH]c1=O. The molecule has 1 aliphatic rings. The molecule has 17 heavy (non-hydrogen) atoms. The molecule has 1 fully saturated rings. The van der Waals surface area contributed by atoms with Crippen molar-refractivity contribution in [2.24, 2.45) is 5.92 Å². The van der Waals surface area contributed by atoms with E-state index in [1.807, 2.05) is 0 Å². The van der Waals surface area contributed by atoms with Crippen LogP contribution in [0.2, 0.25) is 0 Å². The molecule has 0 saturated carbocycles. The molecule has 2 N–H and O–H groups in total. The number of aromatic nitrogens is 2. The number of alkyl halides is 1. The van der Waals surface area contributed by atoms with E-state index in [-0.39, 0.29) is 19.7 Å². The van der Waals surface area contributed by atoms with Crippen molar-refractivity contribution in [3.63, 3.8) is 0 Å². The second-order valence-corrected chi connectivity index (χ2v) is 4.25. The molecule has 0 radical (unpaired) electrons. The lowest BCUT2D eigenvalue weighted by Gasteiger charge is -2.20. The normalized spacial score (nSPS) is 24.3. The summed E-state index contributed by atoms with van der Waals surface area (Å²) in [7, 11) is 0. The Balaban J connectivity index is 2.34.